The summed E-state index contributed by atoms with van der Waals surface area (Å²) >= 11 is 1.84. The summed E-state index contributed by atoms with van der Waals surface area (Å²) in [5.74, 6) is -0.0751. The predicted molar refractivity (Wildman–Crippen MR) is 67.9 cm³/mol. The Morgan fingerprint density at radius 2 is 2.24 bits per heavy atom. The van der Waals surface area contributed by atoms with Gasteiger partial charge in [-0.15, -0.1) is 0 Å². The molecule has 6 nitrogen and oxygen atoms in total. The van der Waals surface area contributed by atoms with Crippen LogP contribution in [0.5, 0.6) is 5.75 Å². The number of rotatable bonds is 5. The van der Waals surface area contributed by atoms with Crippen molar-refractivity contribution in [2.75, 3.05) is 13.2 Å². The third-order valence-corrected chi connectivity index (χ3v) is 2.64. The Morgan fingerprint density at radius 3 is 2.76 bits per heavy atom. The second-order valence-corrected chi connectivity index (χ2v) is 4.13. The molecule has 0 heterocycles. The van der Waals surface area contributed by atoms with E-state index in [9.17, 15) is 14.9 Å². The number of benzene rings is 1. The van der Waals surface area contributed by atoms with Gasteiger partial charge >= 0.3 is 5.97 Å². The van der Waals surface area contributed by atoms with Crippen LogP contribution in [0, 0.1) is 13.7 Å². The maximum absolute atomic E-state index is 11.0. The maximum Gasteiger partial charge on any atom is 0.344 e. The fraction of sp³-hybridized carbons (Fsp3) is 0.300. The van der Waals surface area contributed by atoms with E-state index in [1.165, 1.54) is 18.2 Å². The molecule has 0 atom stereocenters. The molecule has 0 unspecified atom stereocenters. The van der Waals surface area contributed by atoms with Crippen molar-refractivity contribution in [2.45, 2.75) is 6.92 Å². The monoisotopic (exact) mass is 351 g/mol. The fourth-order valence-electron chi connectivity index (χ4n) is 1.07. The molecule has 0 aliphatic carbocycles. The minimum Gasteiger partial charge on any atom is -0.482 e. The van der Waals surface area contributed by atoms with E-state index in [1.807, 2.05) is 22.6 Å². The lowest BCUT2D eigenvalue weighted by Crippen LogP contribution is -2.14. The summed E-state index contributed by atoms with van der Waals surface area (Å²) in [5, 5.41) is 10.6. The molecule has 0 saturated heterocycles. The Labute approximate surface area is 111 Å². The lowest BCUT2D eigenvalue weighted by molar-refractivity contribution is -0.385. The molecule has 0 N–H and O–H groups in total. The molecule has 0 spiro atoms. The van der Waals surface area contributed by atoms with Gasteiger partial charge in [0.05, 0.1) is 15.1 Å². The number of carbonyl (C=O) groups excluding carboxylic acids is 1. The number of halogens is 1. The van der Waals surface area contributed by atoms with Crippen LogP contribution in [0.2, 0.25) is 0 Å². The minimum atomic E-state index is -0.475. The smallest absolute Gasteiger partial charge is 0.344 e. The molecular formula is C10H10INO5. The summed E-state index contributed by atoms with van der Waals surface area (Å²) in [4.78, 5) is 21.1. The highest BCUT2D eigenvalue weighted by atomic mass is 127. The molecule has 0 bridgehead atoms. The first-order valence-electron chi connectivity index (χ1n) is 4.77. The lowest BCUT2D eigenvalue weighted by atomic mass is 10.3. The molecule has 0 radical (unpaired) electrons. The summed E-state index contributed by atoms with van der Waals surface area (Å²) in [6.07, 6.45) is 0. The van der Waals surface area contributed by atoms with E-state index in [-0.39, 0.29) is 12.3 Å². The molecule has 0 fully saturated rings. The summed E-state index contributed by atoms with van der Waals surface area (Å²) in [5.41, 5.74) is 0.00841. The van der Waals surface area contributed by atoms with Crippen molar-refractivity contribution >= 4 is 34.2 Å². The van der Waals surface area contributed by atoms with Crippen molar-refractivity contribution in [2.24, 2.45) is 0 Å². The first-order chi connectivity index (χ1) is 8.04. The van der Waals surface area contributed by atoms with Crippen LogP contribution in [0.15, 0.2) is 18.2 Å². The molecular weight excluding hydrogens is 341 g/mol. The Morgan fingerprint density at radius 1 is 1.53 bits per heavy atom. The molecule has 0 aliphatic rings. The van der Waals surface area contributed by atoms with Gasteiger partial charge in [-0.25, -0.2) is 4.79 Å². The Bertz CT molecular complexity index is 435. The third-order valence-electron chi connectivity index (χ3n) is 1.78. The van der Waals surface area contributed by atoms with Gasteiger partial charge in [-0.1, -0.05) is 0 Å². The quantitative estimate of drug-likeness (QED) is 0.352. The average Bonchev–Trinajstić information content (AvgIpc) is 2.26. The van der Waals surface area contributed by atoms with Crippen molar-refractivity contribution < 1.29 is 19.2 Å². The largest absolute Gasteiger partial charge is 0.482 e. The standard InChI is InChI=1S/C10H10INO5/c1-2-16-10(13)6-17-7-3-4-9(12(14)15)8(11)5-7/h3-5H,2,6H2,1H3. The highest BCUT2D eigenvalue weighted by molar-refractivity contribution is 14.1. The minimum absolute atomic E-state index is 0.00841. The van der Waals surface area contributed by atoms with Crippen LogP contribution < -0.4 is 4.74 Å². The molecule has 0 saturated carbocycles. The van der Waals surface area contributed by atoms with Crippen molar-refractivity contribution in [3.63, 3.8) is 0 Å². The van der Waals surface area contributed by atoms with Crippen LogP contribution in [0.25, 0.3) is 0 Å². The van der Waals surface area contributed by atoms with Crippen LogP contribution in [-0.4, -0.2) is 24.1 Å². The molecule has 17 heavy (non-hydrogen) atoms. The van der Waals surface area contributed by atoms with Crippen molar-refractivity contribution in [1.82, 2.24) is 0 Å². The molecule has 0 aromatic heterocycles. The number of ether oxygens (including phenoxy) is 2. The van der Waals surface area contributed by atoms with E-state index in [4.69, 9.17) is 4.74 Å². The van der Waals surface area contributed by atoms with Gasteiger partial charge in [0.2, 0.25) is 0 Å². The van der Waals surface area contributed by atoms with Gasteiger partial charge in [0.15, 0.2) is 6.61 Å². The van der Waals surface area contributed by atoms with E-state index in [1.54, 1.807) is 6.92 Å². The summed E-state index contributed by atoms with van der Waals surface area (Å²) in [6, 6.07) is 4.28. The van der Waals surface area contributed by atoms with Gasteiger partial charge in [0, 0.05) is 12.1 Å². The molecule has 1 rings (SSSR count). The third kappa shape index (κ3) is 4.17. The van der Waals surface area contributed by atoms with E-state index in [2.05, 4.69) is 4.74 Å². The Balaban J connectivity index is 2.65. The Kier molecular flexibility index (Phi) is 5.13. The number of hydrogen-bond acceptors (Lipinski definition) is 5. The van der Waals surface area contributed by atoms with Crippen LogP contribution in [0.3, 0.4) is 0 Å². The van der Waals surface area contributed by atoms with Crippen molar-refractivity contribution in [1.29, 1.82) is 0 Å². The summed E-state index contributed by atoms with van der Waals surface area (Å²) < 4.78 is 10.3. The topological polar surface area (TPSA) is 78.7 Å². The van der Waals surface area contributed by atoms with E-state index in [0.29, 0.717) is 15.9 Å². The zero-order valence-electron chi connectivity index (χ0n) is 9.01. The number of nitro groups is 1. The van der Waals surface area contributed by atoms with E-state index in [0.717, 1.165) is 0 Å². The normalized spacial score (nSPS) is 9.76. The summed E-state index contributed by atoms with van der Waals surface area (Å²) in [6.45, 7) is 1.79. The second-order valence-electron chi connectivity index (χ2n) is 2.96. The average molecular weight is 351 g/mol. The van der Waals surface area contributed by atoms with Gasteiger partial charge in [0.1, 0.15) is 5.75 Å². The molecule has 92 valence electrons. The fourth-order valence-corrected chi connectivity index (χ4v) is 1.75. The first-order valence-corrected chi connectivity index (χ1v) is 5.84. The van der Waals surface area contributed by atoms with Gasteiger partial charge < -0.3 is 9.47 Å². The number of nitrogens with zero attached hydrogens (tertiary/aromatic N) is 1. The maximum atomic E-state index is 11.0. The molecule has 0 aliphatic heterocycles. The highest BCUT2D eigenvalue weighted by Gasteiger charge is 2.12. The molecule has 0 amide bonds. The first kappa shape index (κ1) is 13.7. The Hall–Kier alpha value is -1.38. The highest BCUT2D eigenvalue weighted by Crippen LogP contribution is 2.25. The van der Waals surface area contributed by atoms with Crippen molar-refractivity contribution in [3.05, 3.63) is 31.9 Å². The molecule has 1 aromatic carbocycles. The van der Waals surface area contributed by atoms with Crippen LogP contribution in [-0.2, 0) is 9.53 Å². The molecule has 7 heteroatoms. The van der Waals surface area contributed by atoms with Gasteiger partial charge in [0.25, 0.3) is 5.69 Å². The lowest BCUT2D eigenvalue weighted by Gasteiger charge is -2.06. The summed E-state index contributed by atoms with van der Waals surface area (Å²) in [7, 11) is 0. The zero-order valence-corrected chi connectivity index (χ0v) is 11.2. The molecule has 1 aromatic rings. The number of nitro benzene ring substituents is 1. The van der Waals surface area contributed by atoms with Gasteiger partial charge in [-0.05, 0) is 35.6 Å². The van der Waals surface area contributed by atoms with Crippen LogP contribution in [0.1, 0.15) is 6.92 Å². The predicted octanol–water partition coefficient (Wildman–Crippen LogP) is 2.14. The van der Waals surface area contributed by atoms with E-state index >= 15 is 0 Å². The van der Waals surface area contributed by atoms with Gasteiger partial charge in [-0.2, -0.15) is 0 Å². The van der Waals surface area contributed by atoms with Crippen LogP contribution in [0.4, 0.5) is 5.69 Å². The van der Waals surface area contributed by atoms with Crippen LogP contribution >= 0.6 is 22.6 Å². The number of esters is 1. The zero-order chi connectivity index (χ0) is 12.8. The SMILES string of the molecule is CCOC(=O)COc1ccc([N+](=O)[O-])c(I)c1. The second kappa shape index (κ2) is 6.38. The number of carbonyl (C=O) groups is 1. The van der Waals surface area contributed by atoms with E-state index < -0.39 is 10.9 Å². The number of hydrogen-bond donors (Lipinski definition) is 0. The van der Waals surface area contributed by atoms with Crippen molar-refractivity contribution in [3.8, 4) is 5.75 Å². The van der Waals surface area contributed by atoms with Gasteiger partial charge in [-0.3, -0.25) is 10.1 Å².